The second-order valence-corrected chi connectivity index (χ2v) is 5.43. The van der Waals surface area contributed by atoms with Crippen LogP contribution in [0, 0.1) is 0 Å². The molecular weight excluding hydrogens is 266 g/mol. The number of thioether (sulfide) groups is 1. The lowest BCUT2D eigenvalue weighted by molar-refractivity contribution is 0.200. The Morgan fingerprint density at radius 1 is 1.22 bits per heavy atom. The lowest BCUT2D eigenvalue weighted by Gasteiger charge is -2.10. The Kier molecular flexibility index (Phi) is 5.05. The van der Waals surface area contributed by atoms with E-state index >= 15 is 0 Å². The first kappa shape index (κ1) is 13.4. The highest BCUT2D eigenvalue weighted by Gasteiger charge is 2.08. The van der Waals surface area contributed by atoms with Gasteiger partial charge >= 0.3 is 0 Å². The van der Waals surface area contributed by atoms with E-state index in [0.717, 1.165) is 15.5 Å². The summed E-state index contributed by atoms with van der Waals surface area (Å²) in [4.78, 5) is 5.04. The molecule has 2 rings (SSSR count). The predicted molar refractivity (Wildman–Crippen MR) is 76.1 cm³/mol. The highest BCUT2D eigenvalue weighted by molar-refractivity contribution is 7.99. The Balaban J connectivity index is 1.86. The van der Waals surface area contributed by atoms with Crippen molar-refractivity contribution < 1.29 is 5.11 Å². The largest absolute Gasteiger partial charge is 0.392 e. The third kappa shape index (κ3) is 4.02. The first-order chi connectivity index (χ1) is 8.75. The molecule has 0 fully saturated rings. The zero-order valence-electron chi connectivity index (χ0n) is 9.79. The number of pyridine rings is 1. The molecule has 2 nitrogen and oxygen atoms in total. The number of halogens is 1. The van der Waals surface area contributed by atoms with Crippen LogP contribution in [-0.4, -0.2) is 21.9 Å². The van der Waals surface area contributed by atoms with E-state index < -0.39 is 6.10 Å². The quantitative estimate of drug-likeness (QED) is 0.851. The van der Waals surface area contributed by atoms with Gasteiger partial charge in [0.25, 0.3) is 0 Å². The minimum atomic E-state index is -0.393. The molecule has 1 heterocycles. The fourth-order valence-corrected chi connectivity index (χ4v) is 2.77. The van der Waals surface area contributed by atoms with Gasteiger partial charge in [-0.05, 0) is 23.8 Å². The molecule has 1 aromatic carbocycles. The van der Waals surface area contributed by atoms with Crippen LogP contribution in [0.2, 0.25) is 5.02 Å². The van der Waals surface area contributed by atoms with Crippen molar-refractivity contribution >= 4 is 23.4 Å². The molecular formula is C14H14ClNOS. The summed E-state index contributed by atoms with van der Waals surface area (Å²) >= 11 is 7.63. The zero-order valence-corrected chi connectivity index (χ0v) is 11.4. The van der Waals surface area contributed by atoms with Crippen molar-refractivity contribution in [2.45, 2.75) is 17.4 Å². The van der Waals surface area contributed by atoms with Gasteiger partial charge in [0.2, 0.25) is 0 Å². The Labute approximate surface area is 116 Å². The summed E-state index contributed by atoms with van der Waals surface area (Å²) in [5.74, 6) is 0.624. The van der Waals surface area contributed by atoms with Crippen molar-refractivity contribution in [3.05, 3.63) is 59.4 Å². The van der Waals surface area contributed by atoms with E-state index in [0.29, 0.717) is 12.2 Å². The average Bonchev–Trinajstić information content (AvgIpc) is 2.39. The van der Waals surface area contributed by atoms with E-state index in [2.05, 4.69) is 4.98 Å². The van der Waals surface area contributed by atoms with Crippen molar-refractivity contribution in [2.75, 3.05) is 5.75 Å². The summed E-state index contributed by atoms with van der Waals surface area (Å²) < 4.78 is 0. The first-order valence-electron chi connectivity index (χ1n) is 5.70. The molecule has 18 heavy (non-hydrogen) atoms. The molecule has 1 aromatic heterocycles. The maximum Gasteiger partial charge on any atom is 0.0674 e. The molecule has 1 unspecified atom stereocenters. The highest BCUT2D eigenvalue weighted by atomic mass is 35.5. The normalized spacial score (nSPS) is 12.3. The molecule has 94 valence electrons. The van der Waals surface area contributed by atoms with Crippen LogP contribution in [0.25, 0.3) is 0 Å². The van der Waals surface area contributed by atoms with E-state index in [4.69, 9.17) is 11.6 Å². The number of hydrogen-bond acceptors (Lipinski definition) is 3. The maximum atomic E-state index is 9.96. The summed E-state index contributed by atoms with van der Waals surface area (Å²) in [6, 6.07) is 11.5. The fourth-order valence-electron chi connectivity index (χ4n) is 1.60. The fraction of sp³-hybridized carbons (Fsp3) is 0.214. The number of hydrogen-bond donors (Lipinski definition) is 1. The third-order valence-electron chi connectivity index (χ3n) is 2.46. The lowest BCUT2D eigenvalue weighted by atomic mass is 10.1. The smallest absolute Gasteiger partial charge is 0.0674 e. The van der Waals surface area contributed by atoms with Crippen molar-refractivity contribution in [3.8, 4) is 0 Å². The van der Waals surface area contributed by atoms with Gasteiger partial charge in [0, 0.05) is 29.5 Å². The van der Waals surface area contributed by atoms with Crippen LogP contribution in [0.5, 0.6) is 0 Å². The predicted octanol–water partition coefficient (Wildman–Crippen LogP) is 3.43. The van der Waals surface area contributed by atoms with Crippen LogP contribution < -0.4 is 0 Å². The average molecular weight is 280 g/mol. The van der Waals surface area contributed by atoms with E-state index in [9.17, 15) is 5.11 Å². The lowest BCUT2D eigenvalue weighted by Crippen LogP contribution is -2.13. The van der Waals surface area contributed by atoms with Crippen LogP contribution in [0.3, 0.4) is 0 Å². The monoisotopic (exact) mass is 279 g/mol. The van der Waals surface area contributed by atoms with Crippen LogP contribution >= 0.6 is 23.4 Å². The number of rotatable bonds is 5. The molecule has 2 aromatic rings. The standard InChI is InChI=1S/C14H14ClNOS/c15-13-5-1-2-6-14(13)18-10-12(17)8-11-4-3-7-16-9-11/h1-7,9,12,17H,8,10H2. The SMILES string of the molecule is OC(CSc1ccccc1Cl)Cc1cccnc1. The van der Waals surface area contributed by atoms with Gasteiger partial charge in [-0.3, -0.25) is 4.98 Å². The maximum absolute atomic E-state index is 9.96. The van der Waals surface area contributed by atoms with Crippen molar-refractivity contribution in [1.82, 2.24) is 4.98 Å². The third-order valence-corrected chi connectivity index (χ3v) is 4.12. The molecule has 0 saturated carbocycles. The van der Waals surface area contributed by atoms with Crippen molar-refractivity contribution in [3.63, 3.8) is 0 Å². The van der Waals surface area contributed by atoms with Crippen LogP contribution in [0.4, 0.5) is 0 Å². The van der Waals surface area contributed by atoms with Crippen molar-refractivity contribution in [1.29, 1.82) is 0 Å². The molecule has 0 saturated heterocycles. The summed E-state index contributed by atoms with van der Waals surface area (Å²) in [7, 11) is 0. The van der Waals surface area contributed by atoms with E-state index in [1.54, 1.807) is 24.2 Å². The zero-order chi connectivity index (χ0) is 12.8. The Bertz CT molecular complexity index is 492. The summed E-state index contributed by atoms with van der Waals surface area (Å²) in [6.45, 7) is 0. The topological polar surface area (TPSA) is 33.1 Å². The Morgan fingerprint density at radius 2 is 2.06 bits per heavy atom. The van der Waals surface area contributed by atoms with E-state index in [1.165, 1.54) is 0 Å². The molecule has 4 heteroatoms. The highest BCUT2D eigenvalue weighted by Crippen LogP contribution is 2.27. The van der Waals surface area contributed by atoms with Gasteiger partial charge in [-0.2, -0.15) is 0 Å². The molecule has 0 radical (unpaired) electrons. The van der Waals surface area contributed by atoms with Gasteiger partial charge in [0.15, 0.2) is 0 Å². The number of nitrogens with zero attached hydrogens (tertiary/aromatic N) is 1. The van der Waals surface area contributed by atoms with Crippen molar-refractivity contribution in [2.24, 2.45) is 0 Å². The molecule has 0 aliphatic carbocycles. The molecule has 0 amide bonds. The molecule has 0 aliphatic rings. The summed E-state index contributed by atoms with van der Waals surface area (Å²) in [5.41, 5.74) is 1.05. The Morgan fingerprint density at radius 3 is 2.78 bits per heavy atom. The first-order valence-corrected chi connectivity index (χ1v) is 7.06. The van der Waals surface area contributed by atoms with Crippen LogP contribution in [0.1, 0.15) is 5.56 Å². The van der Waals surface area contributed by atoms with Gasteiger partial charge in [-0.1, -0.05) is 29.8 Å². The van der Waals surface area contributed by atoms with E-state index in [1.807, 2.05) is 36.4 Å². The van der Waals surface area contributed by atoms with Crippen LogP contribution in [-0.2, 0) is 6.42 Å². The second kappa shape index (κ2) is 6.78. The summed E-state index contributed by atoms with van der Waals surface area (Å²) in [6.07, 6.45) is 3.73. The molecule has 0 aliphatic heterocycles. The number of benzene rings is 1. The number of aliphatic hydroxyl groups is 1. The van der Waals surface area contributed by atoms with Gasteiger partial charge in [-0.15, -0.1) is 11.8 Å². The minimum absolute atomic E-state index is 0.393. The minimum Gasteiger partial charge on any atom is -0.392 e. The van der Waals surface area contributed by atoms with Gasteiger partial charge < -0.3 is 5.11 Å². The van der Waals surface area contributed by atoms with Crippen LogP contribution in [0.15, 0.2) is 53.7 Å². The molecule has 1 atom stereocenters. The number of aliphatic hydroxyl groups excluding tert-OH is 1. The van der Waals surface area contributed by atoms with Gasteiger partial charge in [-0.25, -0.2) is 0 Å². The summed E-state index contributed by atoms with van der Waals surface area (Å²) in [5, 5.41) is 10.7. The van der Waals surface area contributed by atoms with E-state index in [-0.39, 0.29) is 0 Å². The van der Waals surface area contributed by atoms with Gasteiger partial charge in [0.1, 0.15) is 0 Å². The van der Waals surface area contributed by atoms with Gasteiger partial charge in [0.05, 0.1) is 11.1 Å². The molecule has 0 bridgehead atoms. The molecule has 0 spiro atoms. The molecule has 1 N–H and O–H groups in total. The second-order valence-electron chi connectivity index (χ2n) is 3.96. The Hall–Kier alpha value is -1.03. The number of aromatic nitrogens is 1.